The molecule has 3 heteroatoms. The lowest BCUT2D eigenvalue weighted by Gasteiger charge is -2.36. The van der Waals surface area contributed by atoms with E-state index >= 15 is 0 Å². The molecule has 0 bridgehead atoms. The van der Waals surface area contributed by atoms with E-state index in [2.05, 4.69) is 24.8 Å². The Hall–Kier alpha value is -0.730. The quantitative estimate of drug-likeness (QED) is 0.911. The molecule has 1 heterocycles. The Morgan fingerprint density at radius 3 is 2.58 bits per heavy atom. The number of nitrogens with zero attached hydrogens (tertiary/aromatic N) is 1. The van der Waals surface area contributed by atoms with E-state index in [4.69, 9.17) is 17.3 Å². The van der Waals surface area contributed by atoms with Gasteiger partial charge in [0.1, 0.15) is 0 Å². The fourth-order valence-electron chi connectivity index (χ4n) is 3.04. The van der Waals surface area contributed by atoms with E-state index in [-0.39, 0.29) is 0 Å². The van der Waals surface area contributed by atoms with Crippen LogP contribution in [-0.4, -0.2) is 19.6 Å². The molecule has 2 rings (SSSR count). The summed E-state index contributed by atoms with van der Waals surface area (Å²) in [4.78, 5) is 2.48. The molecule has 1 aliphatic rings. The molecule has 2 N–H and O–H groups in total. The zero-order chi connectivity index (χ0) is 13.8. The summed E-state index contributed by atoms with van der Waals surface area (Å²) >= 11 is 6.32. The van der Waals surface area contributed by atoms with Crippen molar-refractivity contribution in [3.63, 3.8) is 0 Å². The molecule has 0 unspecified atom stereocenters. The van der Waals surface area contributed by atoms with Crippen LogP contribution in [0.1, 0.15) is 32.3 Å². The van der Waals surface area contributed by atoms with Gasteiger partial charge in [-0.25, -0.2) is 0 Å². The summed E-state index contributed by atoms with van der Waals surface area (Å²) in [5.74, 6) is 1.67. The maximum atomic E-state index is 6.32. The second-order valence-electron chi connectivity index (χ2n) is 5.84. The second-order valence-corrected chi connectivity index (χ2v) is 6.25. The molecular weight excluding hydrogens is 256 g/mol. The van der Waals surface area contributed by atoms with E-state index in [0.29, 0.717) is 6.54 Å². The summed E-state index contributed by atoms with van der Waals surface area (Å²) in [6.45, 7) is 7.60. The van der Waals surface area contributed by atoms with Crippen molar-refractivity contribution in [1.82, 2.24) is 0 Å². The predicted molar refractivity (Wildman–Crippen MR) is 84.0 cm³/mol. The van der Waals surface area contributed by atoms with Gasteiger partial charge in [0.2, 0.25) is 0 Å². The van der Waals surface area contributed by atoms with Crippen LogP contribution in [0.15, 0.2) is 18.2 Å². The molecule has 0 atom stereocenters. The summed E-state index contributed by atoms with van der Waals surface area (Å²) in [6.07, 6.45) is 3.43. The number of hydrogen-bond donors (Lipinski definition) is 1. The summed E-state index contributed by atoms with van der Waals surface area (Å²) in [7, 11) is 0. The van der Waals surface area contributed by atoms with Crippen molar-refractivity contribution in [1.29, 1.82) is 0 Å². The number of anilines is 1. The average Bonchev–Trinajstić information content (AvgIpc) is 2.41. The smallest absolute Gasteiger partial charge is 0.0459 e. The lowest BCUT2D eigenvalue weighted by molar-refractivity contribution is 0.311. The van der Waals surface area contributed by atoms with Crippen LogP contribution in [0.3, 0.4) is 0 Å². The van der Waals surface area contributed by atoms with Crippen LogP contribution >= 0.6 is 11.6 Å². The van der Waals surface area contributed by atoms with Crippen LogP contribution in [-0.2, 0) is 6.42 Å². The summed E-state index contributed by atoms with van der Waals surface area (Å²) in [5, 5.41) is 0.855. The maximum Gasteiger partial charge on any atom is 0.0459 e. The Balaban J connectivity index is 2.13. The molecule has 2 nitrogen and oxygen atoms in total. The normalized spacial score (nSPS) is 17.2. The third-order valence-electron chi connectivity index (χ3n) is 4.31. The first-order valence-electron chi connectivity index (χ1n) is 7.36. The predicted octanol–water partition coefficient (Wildman–Crippen LogP) is 3.71. The standard InChI is InChI=1S/C16H25ClN2/c1-12(2)13-7-10-19(11-8-13)16-5-3-4-15(17)14(16)6-9-18/h3-5,12-13H,6-11,18H2,1-2H3. The van der Waals surface area contributed by atoms with Crippen molar-refractivity contribution >= 4 is 17.3 Å². The van der Waals surface area contributed by atoms with Gasteiger partial charge in [-0.2, -0.15) is 0 Å². The Morgan fingerprint density at radius 1 is 1.32 bits per heavy atom. The van der Waals surface area contributed by atoms with Gasteiger partial charge in [-0.3, -0.25) is 0 Å². The van der Waals surface area contributed by atoms with Gasteiger partial charge in [-0.05, 0) is 55.3 Å². The largest absolute Gasteiger partial charge is 0.371 e. The van der Waals surface area contributed by atoms with Crippen LogP contribution in [0.4, 0.5) is 5.69 Å². The van der Waals surface area contributed by atoms with E-state index in [0.717, 1.165) is 36.4 Å². The van der Waals surface area contributed by atoms with Gasteiger partial charge in [0.25, 0.3) is 0 Å². The summed E-state index contributed by atoms with van der Waals surface area (Å²) in [6, 6.07) is 6.20. The zero-order valence-corrected chi connectivity index (χ0v) is 12.8. The van der Waals surface area contributed by atoms with Crippen LogP contribution in [0, 0.1) is 11.8 Å². The molecule has 106 valence electrons. The third kappa shape index (κ3) is 3.43. The van der Waals surface area contributed by atoms with Crippen LogP contribution in [0.2, 0.25) is 5.02 Å². The lowest BCUT2D eigenvalue weighted by Crippen LogP contribution is -2.35. The van der Waals surface area contributed by atoms with Crippen LogP contribution < -0.4 is 10.6 Å². The fourth-order valence-corrected chi connectivity index (χ4v) is 3.31. The highest BCUT2D eigenvalue weighted by atomic mass is 35.5. The molecule has 1 aliphatic heterocycles. The van der Waals surface area contributed by atoms with Gasteiger partial charge in [0.15, 0.2) is 0 Å². The molecule has 1 fully saturated rings. The number of hydrogen-bond acceptors (Lipinski definition) is 2. The highest BCUT2D eigenvalue weighted by molar-refractivity contribution is 6.31. The lowest BCUT2D eigenvalue weighted by atomic mass is 9.86. The molecule has 0 spiro atoms. The molecule has 1 aromatic rings. The van der Waals surface area contributed by atoms with Gasteiger partial charge < -0.3 is 10.6 Å². The number of nitrogens with two attached hydrogens (primary N) is 1. The third-order valence-corrected chi connectivity index (χ3v) is 4.67. The Kier molecular flexibility index (Phi) is 5.12. The van der Waals surface area contributed by atoms with Crippen molar-refractivity contribution in [2.45, 2.75) is 33.1 Å². The summed E-state index contributed by atoms with van der Waals surface area (Å²) in [5.41, 5.74) is 8.22. The van der Waals surface area contributed by atoms with Crippen molar-refractivity contribution in [2.75, 3.05) is 24.5 Å². The molecule has 1 saturated heterocycles. The minimum atomic E-state index is 0.652. The summed E-state index contributed by atoms with van der Waals surface area (Å²) < 4.78 is 0. The fraction of sp³-hybridized carbons (Fsp3) is 0.625. The number of rotatable bonds is 4. The van der Waals surface area contributed by atoms with E-state index in [1.807, 2.05) is 12.1 Å². The van der Waals surface area contributed by atoms with Gasteiger partial charge in [0, 0.05) is 23.8 Å². The van der Waals surface area contributed by atoms with Crippen LogP contribution in [0.25, 0.3) is 0 Å². The number of halogens is 1. The molecule has 0 radical (unpaired) electrons. The van der Waals surface area contributed by atoms with Crippen molar-refractivity contribution in [3.05, 3.63) is 28.8 Å². The minimum absolute atomic E-state index is 0.652. The monoisotopic (exact) mass is 280 g/mol. The molecule has 0 aliphatic carbocycles. The SMILES string of the molecule is CC(C)C1CCN(c2cccc(Cl)c2CCN)CC1. The zero-order valence-electron chi connectivity index (χ0n) is 12.0. The highest BCUT2D eigenvalue weighted by Crippen LogP contribution is 2.32. The number of benzene rings is 1. The molecule has 0 saturated carbocycles. The van der Waals surface area contributed by atoms with Crippen molar-refractivity contribution in [3.8, 4) is 0 Å². The van der Waals surface area contributed by atoms with E-state index in [1.54, 1.807) is 0 Å². The molecular formula is C16H25ClN2. The molecule has 19 heavy (non-hydrogen) atoms. The molecule has 0 aromatic heterocycles. The topological polar surface area (TPSA) is 29.3 Å². The minimum Gasteiger partial charge on any atom is -0.371 e. The highest BCUT2D eigenvalue weighted by Gasteiger charge is 2.23. The van der Waals surface area contributed by atoms with Gasteiger partial charge in [-0.15, -0.1) is 0 Å². The first kappa shape index (κ1) is 14.7. The Bertz CT molecular complexity index is 409. The van der Waals surface area contributed by atoms with Gasteiger partial charge >= 0.3 is 0 Å². The van der Waals surface area contributed by atoms with Crippen molar-refractivity contribution < 1.29 is 0 Å². The second kappa shape index (κ2) is 6.62. The van der Waals surface area contributed by atoms with Gasteiger partial charge in [0.05, 0.1) is 0 Å². The first-order chi connectivity index (χ1) is 9.13. The molecule has 1 aromatic carbocycles. The van der Waals surface area contributed by atoms with Crippen LogP contribution in [0.5, 0.6) is 0 Å². The Labute approximate surface area is 121 Å². The maximum absolute atomic E-state index is 6.32. The van der Waals surface area contributed by atoms with E-state index < -0.39 is 0 Å². The van der Waals surface area contributed by atoms with Crippen molar-refractivity contribution in [2.24, 2.45) is 17.6 Å². The Morgan fingerprint density at radius 2 is 2.00 bits per heavy atom. The van der Waals surface area contributed by atoms with E-state index in [1.165, 1.54) is 24.1 Å². The van der Waals surface area contributed by atoms with Gasteiger partial charge in [-0.1, -0.05) is 31.5 Å². The molecule has 0 amide bonds. The average molecular weight is 281 g/mol. The van der Waals surface area contributed by atoms with E-state index in [9.17, 15) is 0 Å². The number of piperidine rings is 1. The first-order valence-corrected chi connectivity index (χ1v) is 7.73.